The number of nitrogens with two attached hydrogens (primary N) is 1. The molecule has 0 aliphatic carbocycles. The molecule has 1 aromatic rings. The van der Waals surface area contributed by atoms with Gasteiger partial charge in [0.05, 0.1) is 6.54 Å². The highest BCUT2D eigenvalue weighted by Crippen LogP contribution is 2.15. The molecule has 0 fully saturated rings. The number of nitrogens with zero attached hydrogens (tertiary/aromatic N) is 2. The van der Waals surface area contributed by atoms with Crippen molar-refractivity contribution >= 4 is 29.9 Å². The van der Waals surface area contributed by atoms with Crippen LogP contribution in [0.25, 0.3) is 0 Å². The maximum atomic E-state index is 5.84. The fourth-order valence-corrected chi connectivity index (χ4v) is 1.88. The lowest BCUT2D eigenvalue weighted by Gasteiger charge is -2.20. The van der Waals surface area contributed by atoms with E-state index in [1.54, 1.807) is 6.20 Å². The molecule has 0 atom stereocenters. The zero-order valence-electron chi connectivity index (χ0n) is 14.8. The number of aromatic nitrogens is 1. The van der Waals surface area contributed by atoms with E-state index in [0.717, 1.165) is 18.5 Å². The second-order valence-corrected chi connectivity index (χ2v) is 6.41. The summed E-state index contributed by atoms with van der Waals surface area (Å²) in [5, 5.41) is 3.14. The van der Waals surface area contributed by atoms with Gasteiger partial charge in [-0.3, -0.25) is 0 Å². The molecule has 5 nitrogen and oxygen atoms in total. The van der Waals surface area contributed by atoms with Crippen LogP contribution in [0.4, 0.5) is 0 Å². The number of rotatable bonds is 8. The van der Waals surface area contributed by atoms with Crippen LogP contribution >= 0.6 is 24.0 Å². The molecule has 1 rings (SSSR count). The van der Waals surface area contributed by atoms with Crippen LogP contribution in [0.5, 0.6) is 5.88 Å². The Kier molecular flexibility index (Phi) is 11.0. The number of hydrogen-bond donors (Lipinski definition) is 2. The largest absolute Gasteiger partial charge is 0.472 e. The van der Waals surface area contributed by atoms with Crippen molar-refractivity contribution in [1.29, 1.82) is 0 Å². The SMILES string of the molecule is CCCCCCNC(N)=NCc1ccc(OC(C)(C)C)nc1.I. The average Bonchev–Trinajstić information content (AvgIpc) is 2.45. The van der Waals surface area contributed by atoms with Gasteiger partial charge in [-0.05, 0) is 32.8 Å². The molecule has 0 aliphatic rings. The Balaban J connectivity index is 0.00000484. The second-order valence-electron chi connectivity index (χ2n) is 6.41. The highest BCUT2D eigenvalue weighted by Gasteiger charge is 2.12. The Morgan fingerprint density at radius 2 is 2.00 bits per heavy atom. The Bertz CT molecular complexity index is 455. The molecule has 1 heterocycles. The molecule has 3 N–H and O–H groups in total. The molecular weight excluding hydrogens is 403 g/mol. The minimum Gasteiger partial charge on any atom is -0.472 e. The molecule has 0 aromatic carbocycles. The number of ether oxygens (including phenoxy) is 1. The number of guanidine groups is 1. The summed E-state index contributed by atoms with van der Waals surface area (Å²) in [7, 11) is 0. The lowest BCUT2D eigenvalue weighted by atomic mass is 10.2. The van der Waals surface area contributed by atoms with Crippen LogP contribution in [-0.2, 0) is 6.54 Å². The molecule has 0 amide bonds. The minimum atomic E-state index is -0.237. The van der Waals surface area contributed by atoms with E-state index in [0.29, 0.717) is 18.4 Å². The van der Waals surface area contributed by atoms with Crippen molar-refractivity contribution in [2.75, 3.05) is 6.54 Å². The number of aliphatic imine (C=N–C) groups is 1. The number of pyridine rings is 1. The molecule has 1 aromatic heterocycles. The first-order valence-corrected chi connectivity index (χ1v) is 8.08. The quantitative estimate of drug-likeness (QED) is 0.282. The molecule has 6 heteroatoms. The van der Waals surface area contributed by atoms with E-state index in [1.807, 2.05) is 32.9 Å². The van der Waals surface area contributed by atoms with Crippen molar-refractivity contribution in [3.63, 3.8) is 0 Å². The van der Waals surface area contributed by atoms with Gasteiger partial charge >= 0.3 is 0 Å². The van der Waals surface area contributed by atoms with Crippen LogP contribution in [0.3, 0.4) is 0 Å². The summed E-state index contributed by atoms with van der Waals surface area (Å²) < 4.78 is 5.68. The van der Waals surface area contributed by atoms with Gasteiger partial charge in [-0.2, -0.15) is 0 Å². The van der Waals surface area contributed by atoms with Crippen molar-refractivity contribution in [2.24, 2.45) is 10.7 Å². The fourth-order valence-electron chi connectivity index (χ4n) is 1.88. The van der Waals surface area contributed by atoms with Crippen LogP contribution in [0.1, 0.15) is 58.9 Å². The normalized spacial score (nSPS) is 11.7. The van der Waals surface area contributed by atoms with Crippen molar-refractivity contribution in [3.8, 4) is 5.88 Å². The third-order valence-corrected chi connectivity index (χ3v) is 2.98. The summed E-state index contributed by atoms with van der Waals surface area (Å²) in [6.45, 7) is 9.61. The van der Waals surface area contributed by atoms with Gasteiger partial charge in [0.2, 0.25) is 5.88 Å². The van der Waals surface area contributed by atoms with E-state index in [4.69, 9.17) is 10.5 Å². The van der Waals surface area contributed by atoms with Gasteiger partial charge in [-0.25, -0.2) is 9.98 Å². The van der Waals surface area contributed by atoms with Crippen LogP contribution in [0, 0.1) is 0 Å². The zero-order chi connectivity index (χ0) is 16.4. The maximum Gasteiger partial charge on any atom is 0.213 e. The highest BCUT2D eigenvalue weighted by molar-refractivity contribution is 14.0. The predicted octanol–water partition coefficient (Wildman–Crippen LogP) is 3.86. The Morgan fingerprint density at radius 1 is 1.26 bits per heavy atom. The van der Waals surface area contributed by atoms with E-state index < -0.39 is 0 Å². The van der Waals surface area contributed by atoms with E-state index in [1.165, 1.54) is 19.3 Å². The van der Waals surface area contributed by atoms with Gasteiger partial charge in [0.15, 0.2) is 5.96 Å². The molecule has 0 radical (unpaired) electrons. The standard InChI is InChI=1S/C17H30N4O.HI/c1-5-6-7-8-11-19-16(18)21-13-14-9-10-15(20-12-14)22-17(2,3)4;/h9-10,12H,5-8,11,13H2,1-4H3,(H3,18,19,21);1H. The molecule has 0 spiro atoms. The van der Waals surface area contributed by atoms with Crippen LogP contribution in [0.15, 0.2) is 23.3 Å². The van der Waals surface area contributed by atoms with Crippen LogP contribution in [0.2, 0.25) is 0 Å². The summed E-state index contributed by atoms with van der Waals surface area (Å²) >= 11 is 0. The van der Waals surface area contributed by atoms with Gasteiger partial charge in [0, 0.05) is 18.8 Å². The lowest BCUT2D eigenvalue weighted by molar-refractivity contribution is 0.124. The predicted molar refractivity (Wildman–Crippen MR) is 108 cm³/mol. The molecule has 0 bridgehead atoms. The zero-order valence-corrected chi connectivity index (χ0v) is 17.1. The smallest absolute Gasteiger partial charge is 0.213 e. The minimum absolute atomic E-state index is 0. The molecule has 23 heavy (non-hydrogen) atoms. The van der Waals surface area contributed by atoms with E-state index in [2.05, 4.69) is 22.2 Å². The number of halogens is 1. The van der Waals surface area contributed by atoms with Crippen molar-refractivity contribution in [1.82, 2.24) is 10.3 Å². The lowest BCUT2D eigenvalue weighted by Crippen LogP contribution is -2.32. The first-order valence-electron chi connectivity index (χ1n) is 8.08. The van der Waals surface area contributed by atoms with Crippen LogP contribution in [-0.4, -0.2) is 23.1 Å². The van der Waals surface area contributed by atoms with Gasteiger partial charge in [0.1, 0.15) is 5.60 Å². The maximum absolute atomic E-state index is 5.84. The van der Waals surface area contributed by atoms with Gasteiger partial charge in [-0.15, -0.1) is 24.0 Å². The first-order chi connectivity index (χ1) is 10.4. The highest BCUT2D eigenvalue weighted by atomic mass is 127. The number of nitrogens with one attached hydrogen (secondary N) is 1. The van der Waals surface area contributed by atoms with Crippen molar-refractivity contribution in [2.45, 2.75) is 65.5 Å². The first kappa shape index (κ1) is 21.9. The third kappa shape index (κ3) is 11.2. The van der Waals surface area contributed by atoms with Gasteiger partial charge in [0.25, 0.3) is 0 Å². The summed E-state index contributed by atoms with van der Waals surface area (Å²) in [5.41, 5.74) is 6.62. The molecular formula is C17H31IN4O. The molecule has 0 unspecified atom stereocenters. The summed E-state index contributed by atoms with van der Waals surface area (Å²) in [4.78, 5) is 8.60. The number of unbranched alkanes of at least 4 members (excludes halogenated alkanes) is 3. The van der Waals surface area contributed by atoms with Crippen molar-refractivity contribution in [3.05, 3.63) is 23.9 Å². The monoisotopic (exact) mass is 434 g/mol. The Hall–Kier alpha value is -1.05. The van der Waals surface area contributed by atoms with Crippen LogP contribution < -0.4 is 15.8 Å². The third-order valence-electron chi connectivity index (χ3n) is 2.98. The molecule has 0 aliphatic heterocycles. The fraction of sp³-hybridized carbons (Fsp3) is 0.647. The van der Waals surface area contributed by atoms with Gasteiger partial charge < -0.3 is 15.8 Å². The molecule has 0 saturated heterocycles. The van der Waals surface area contributed by atoms with E-state index in [9.17, 15) is 0 Å². The Morgan fingerprint density at radius 3 is 2.57 bits per heavy atom. The van der Waals surface area contributed by atoms with E-state index >= 15 is 0 Å². The van der Waals surface area contributed by atoms with Crippen molar-refractivity contribution < 1.29 is 4.74 Å². The summed E-state index contributed by atoms with van der Waals surface area (Å²) in [6, 6.07) is 3.83. The molecule has 0 saturated carbocycles. The molecule has 132 valence electrons. The summed E-state index contributed by atoms with van der Waals surface area (Å²) in [5.74, 6) is 1.12. The average molecular weight is 434 g/mol. The summed E-state index contributed by atoms with van der Waals surface area (Å²) in [6.07, 6.45) is 6.65. The topological polar surface area (TPSA) is 72.5 Å². The second kappa shape index (κ2) is 11.5. The van der Waals surface area contributed by atoms with E-state index in [-0.39, 0.29) is 29.6 Å². The number of hydrogen-bond acceptors (Lipinski definition) is 3. The van der Waals surface area contributed by atoms with Gasteiger partial charge in [-0.1, -0.05) is 32.3 Å². The Labute approximate surface area is 157 Å².